The van der Waals surface area contributed by atoms with Crippen LogP contribution in [0.2, 0.25) is 0 Å². The maximum Gasteiger partial charge on any atom is 0.147 e. The maximum atomic E-state index is 10.6. The standard InChI is InChI=1S/C7H13O2S/c1-10(8,9)6-2-3-7-4-5-7/h4,7H,2-3,5-6H2,1H3. The monoisotopic (exact) mass is 161 g/mol. The average molecular weight is 161 g/mol. The van der Waals surface area contributed by atoms with Gasteiger partial charge in [0.2, 0.25) is 0 Å². The van der Waals surface area contributed by atoms with Crippen LogP contribution in [-0.2, 0) is 9.84 Å². The van der Waals surface area contributed by atoms with E-state index in [2.05, 4.69) is 6.42 Å². The Morgan fingerprint density at radius 3 is 2.60 bits per heavy atom. The number of sulfone groups is 1. The molecule has 0 heterocycles. The summed E-state index contributed by atoms with van der Waals surface area (Å²) in [6.45, 7) is 0. The van der Waals surface area contributed by atoms with Crippen LogP contribution in [0.4, 0.5) is 0 Å². The van der Waals surface area contributed by atoms with Gasteiger partial charge in [0, 0.05) is 12.0 Å². The smallest absolute Gasteiger partial charge is 0.147 e. The van der Waals surface area contributed by atoms with Gasteiger partial charge in [0.05, 0.1) is 0 Å². The Kier molecular flexibility index (Phi) is 2.34. The van der Waals surface area contributed by atoms with Crippen molar-refractivity contribution in [3.8, 4) is 0 Å². The van der Waals surface area contributed by atoms with Crippen LogP contribution < -0.4 is 0 Å². The van der Waals surface area contributed by atoms with Gasteiger partial charge in [-0.05, 0) is 31.6 Å². The minimum atomic E-state index is -2.71. The van der Waals surface area contributed by atoms with Gasteiger partial charge in [-0.1, -0.05) is 0 Å². The van der Waals surface area contributed by atoms with Crippen molar-refractivity contribution in [1.29, 1.82) is 0 Å². The summed E-state index contributed by atoms with van der Waals surface area (Å²) in [5, 5.41) is 0. The van der Waals surface area contributed by atoms with Crippen molar-refractivity contribution in [1.82, 2.24) is 0 Å². The summed E-state index contributed by atoms with van der Waals surface area (Å²) in [6.07, 6.45) is 6.61. The average Bonchev–Trinajstić information content (AvgIpc) is 2.45. The molecule has 1 radical (unpaired) electrons. The van der Waals surface area contributed by atoms with E-state index in [9.17, 15) is 8.42 Å². The molecule has 0 aromatic carbocycles. The third-order valence-corrected chi connectivity index (χ3v) is 2.69. The summed E-state index contributed by atoms with van der Waals surface area (Å²) in [7, 11) is -2.71. The zero-order valence-electron chi connectivity index (χ0n) is 6.21. The Bertz CT molecular complexity index is 190. The lowest BCUT2D eigenvalue weighted by Crippen LogP contribution is -2.02. The largest absolute Gasteiger partial charge is 0.229 e. The molecular formula is C7H13O2S. The van der Waals surface area contributed by atoms with Crippen LogP contribution in [0.25, 0.3) is 0 Å². The molecule has 0 aromatic heterocycles. The van der Waals surface area contributed by atoms with Crippen molar-refractivity contribution in [2.75, 3.05) is 12.0 Å². The highest BCUT2D eigenvalue weighted by Gasteiger charge is 2.21. The van der Waals surface area contributed by atoms with Crippen molar-refractivity contribution >= 4 is 9.84 Å². The lowest BCUT2D eigenvalue weighted by Gasteiger charge is -1.95. The molecule has 1 aliphatic rings. The van der Waals surface area contributed by atoms with Crippen molar-refractivity contribution in [3.63, 3.8) is 0 Å². The fraction of sp³-hybridized carbons (Fsp3) is 0.857. The molecule has 1 saturated carbocycles. The molecule has 1 rings (SSSR count). The summed E-state index contributed by atoms with van der Waals surface area (Å²) in [5.74, 6) is 1.10. The molecule has 0 N–H and O–H groups in total. The normalized spacial score (nSPS) is 19.3. The Morgan fingerprint density at radius 2 is 2.20 bits per heavy atom. The van der Waals surface area contributed by atoms with Gasteiger partial charge in [0.1, 0.15) is 9.84 Å². The first-order valence-electron chi connectivity index (χ1n) is 3.59. The number of rotatable bonds is 4. The van der Waals surface area contributed by atoms with Gasteiger partial charge >= 0.3 is 0 Å². The number of hydrogen-bond donors (Lipinski definition) is 0. The molecule has 1 atom stereocenters. The van der Waals surface area contributed by atoms with E-state index in [1.165, 1.54) is 12.7 Å². The zero-order chi connectivity index (χ0) is 7.61. The summed E-state index contributed by atoms with van der Waals surface area (Å²) >= 11 is 0. The quantitative estimate of drug-likeness (QED) is 0.617. The van der Waals surface area contributed by atoms with Gasteiger partial charge in [-0.25, -0.2) is 8.42 Å². The van der Waals surface area contributed by atoms with Gasteiger partial charge in [-0.15, -0.1) is 0 Å². The first-order chi connectivity index (χ1) is 4.58. The highest BCUT2D eigenvalue weighted by atomic mass is 32.2. The molecule has 1 unspecified atom stereocenters. The van der Waals surface area contributed by atoms with Gasteiger partial charge in [-0.2, -0.15) is 0 Å². The van der Waals surface area contributed by atoms with Gasteiger partial charge in [0.25, 0.3) is 0 Å². The fourth-order valence-electron chi connectivity index (χ4n) is 0.940. The summed E-state index contributed by atoms with van der Waals surface area (Å²) in [6, 6.07) is 0. The second-order valence-corrected chi connectivity index (χ2v) is 5.26. The third kappa shape index (κ3) is 3.88. The molecule has 2 nitrogen and oxygen atoms in total. The highest BCUT2D eigenvalue weighted by molar-refractivity contribution is 7.90. The topological polar surface area (TPSA) is 34.1 Å². The Morgan fingerprint density at radius 1 is 1.60 bits per heavy atom. The van der Waals surface area contributed by atoms with Crippen LogP contribution >= 0.6 is 0 Å². The highest BCUT2D eigenvalue weighted by Crippen LogP contribution is 2.31. The van der Waals surface area contributed by atoms with Crippen LogP contribution in [0.1, 0.15) is 19.3 Å². The zero-order valence-corrected chi connectivity index (χ0v) is 7.02. The molecule has 3 heteroatoms. The Labute approximate surface area is 62.5 Å². The first-order valence-corrected chi connectivity index (χ1v) is 5.65. The van der Waals surface area contributed by atoms with Gasteiger partial charge < -0.3 is 0 Å². The van der Waals surface area contributed by atoms with E-state index in [-0.39, 0.29) is 0 Å². The predicted molar refractivity (Wildman–Crippen MR) is 41.4 cm³/mol. The minimum Gasteiger partial charge on any atom is -0.229 e. The van der Waals surface area contributed by atoms with Crippen LogP contribution in [0.5, 0.6) is 0 Å². The molecule has 10 heavy (non-hydrogen) atoms. The van der Waals surface area contributed by atoms with E-state index in [1.54, 1.807) is 0 Å². The van der Waals surface area contributed by atoms with Crippen molar-refractivity contribution < 1.29 is 8.42 Å². The van der Waals surface area contributed by atoms with Crippen LogP contribution in [0, 0.1) is 12.3 Å². The van der Waals surface area contributed by atoms with E-state index in [4.69, 9.17) is 0 Å². The maximum absolute atomic E-state index is 10.6. The van der Waals surface area contributed by atoms with Gasteiger partial charge in [-0.3, -0.25) is 0 Å². The predicted octanol–water partition coefficient (Wildman–Crippen LogP) is 1.04. The lowest BCUT2D eigenvalue weighted by molar-refractivity contribution is 0.595. The molecule has 0 amide bonds. The Balaban J connectivity index is 2.04. The molecule has 0 aromatic rings. The SMILES string of the molecule is CS(=O)(=O)CCCC1[CH]C1. The molecule has 0 saturated heterocycles. The van der Waals surface area contributed by atoms with E-state index >= 15 is 0 Å². The second-order valence-electron chi connectivity index (χ2n) is 3.00. The molecule has 59 valence electrons. The van der Waals surface area contributed by atoms with E-state index < -0.39 is 9.84 Å². The first kappa shape index (κ1) is 8.05. The van der Waals surface area contributed by atoms with Crippen LogP contribution in [0.15, 0.2) is 0 Å². The lowest BCUT2D eigenvalue weighted by atomic mass is 10.2. The molecule has 1 fully saturated rings. The molecular weight excluding hydrogens is 148 g/mol. The number of hydrogen-bond acceptors (Lipinski definition) is 2. The third-order valence-electron chi connectivity index (χ3n) is 1.66. The van der Waals surface area contributed by atoms with E-state index in [0.29, 0.717) is 5.75 Å². The van der Waals surface area contributed by atoms with Crippen LogP contribution in [0.3, 0.4) is 0 Å². The van der Waals surface area contributed by atoms with E-state index in [1.807, 2.05) is 0 Å². The van der Waals surface area contributed by atoms with Crippen molar-refractivity contribution in [2.24, 2.45) is 5.92 Å². The van der Waals surface area contributed by atoms with Crippen LogP contribution in [-0.4, -0.2) is 20.4 Å². The molecule has 0 spiro atoms. The minimum absolute atomic E-state index is 0.358. The van der Waals surface area contributed by atoms with Gasteiger partial charge in [0.15, 0.2) is 0 Å². The van der Waals surface area contributed by atoms with E-state index in [0.717, 1.165) is 18.8 Å². The molecule has 1 aliphatic carbocycles. The fourth-order valence-corrected chi connectivity index (χ4v) is 1.63. The second kappa shape index (κ2) is 2.91. The van der Waals surface area contributed by atoms with Crippen molar-refractivity contribution in [3.05, 3.63) is 6.42 Å². The molecule has 0 aliphatic heterocycles. The Hall–Kier alpha value is -0.0500. The molecule has 0 bridgehead atoms. The summed E-state index contributed by atoms with van der Waals surface area (Å²) < 4.78 is 21.2. The summed E-state index contributed by atoms with van der Waals surface area (Å²) in [5.41, 5.74) is 0. The van der Waals surface area contributed by atoms with Crippen molar-refractivity contribution in [2.45, 2.75) is 19.3 Å². The summed E-state index contributed by atoms with van der Waals surface area (Å²) in [4.78, 5) is 0.